The first-order chi connectivity index (χ1) is 13.0. The summed E-state index contributed by atoms with van der Waals surface area (Å²) in [6.07, 6.45) is 0. The predicted molar refractivity (Wildman–Crippen MR) is 106 cm³/mol. The molecule has 1 unspecified atom stereocenters. The molecule has 0 fully saturated rings. The Bertz CT molecular complexity index is 926. The highest BCUT2D eigenvalue weighted by molar-refractivity contribution is 8.00. The summed E-state index contributed by atoms with van der Waals surface area (Å²) in [7, 11) is 2.99. The predicted octanol–water partition coefficient (Wildman–Crippen LogP) is 4.25. The average Bonchev–Trinajstić information content (AvgIpc) is 3.11. The molecule has 0 aliphatic heterocycles. The lowest BCUT2D eigenvalue weighted by Gasteiger charge is -2.13. The van der Waals surface area contributed by atoms with Crippen molar-refractivity contribution in [2.24, 2.45) is 0 Å². The SMILES string of the molecule is COC(=O)C(C)Sc1nnc(-c2ccc(Cl)cc2)n1-c1ccc(OC)cc1. The lowest BCUT2D eigenvalue weighted by molar-refractivity contribution is -0.139. The maximum atomic E-state index is 11.8. The summed E-state index contributed by atoms with van der Waals surface area (Å²) < 4.78 is 11.9. The molecule has 6 nitrogen and oxygen atoms in total. The number of ether oxygens (including phenoxy) is 2. The van der Waals surface area contributed by atoms with Gasteiger partial charge in [0.1, 0.15) is 11.0 Å². The van der Waals surface area contributed by atoms with Crippen molar-refractivity contribution in [1.82, 2.24) is 14.8 Å². The van der Waals surface area contributed by atoms with Gasteiger partial charge in [-0.2, -0.15) is 0 Å². The quantitative estimate of drug-likeness (QED) is 0.452. The molecule has 8 heteroatoms. The van der Waals surface area contributed by atoms with E-state index in [4.69, 9.17) is 21.1 Å². The number of thioether (sulfide) groups is 1. The molecule has 0 aliphatic carbocycles. The molecule has 3 aromatic rings. The van der Waals surface area contributed by atoms with Crippen LogP contribution in [0.3, 0.4) is 0 Å². The van der Waals surface area contributed by atoms with Crippen LogP contribution >= 0.6 is 23.4 Å². The largest absolute Gasteiger partial charge is 0.497 e. The van der Waals surface area contributed by atoms with Crippen LogP contribution in [0.25, 0.3) is 17.1 Å². The minimum absolute atomic E-state index is 0.322. The number of nitrogens with zero attached hydrogens (tertiary/aromatic N) is 3. The monoisotopic (exact) mass is 403 g/mol. The Kier molecular flexibility index (Phi) is 6.03. The molecule has 1 aromatic heterocycles. The first-order valence-corrected chi connectivity index (χ1v) is 9.39. The van der Waals surface area contributed by atoms with Gasteiger partial charge in [0.15, 0.2) is 11.0 Å². The maximum Gasteiger partial charge on any atom is 0.318 e. The van der Waals surface area contributed by atoms with Gasteiger partial charge in [0.25, 0.3) is 0 Å². The number of esters is 1. The van der Waals surface area contributed by atoms with Crippen molar-refractivity contribution < 1.29 is 14.3 Å². The molecule has 1 atom stereocenters. The van der Waals surface area contributed by atoms with Gasteiger partial charge in [0.05, 0.1) is 14.2 Å². The van der Waals surface area contributed by atoms with E-state index in [1.165, 1.54) is 18.9 Å². The van der Waals surface area contributed by atoms with Crippen molar-refractivity contribution in [3.05, 3.63) is 53.6 Å². The Morgan fingerprint density at radius 3 is 2.33 bits per heavy atom. The van der Waals surface area contributed by atoms with Gasteiger partial charge in [-0.1, -0.05) is 23.4 Å². The van der Waals surface area contributed by atoms with Crippen LogP contribution in [0.2, 0.25) is 5.02 Å². The number of carbonyl (C=O) groups excluding carboxylic acids is 1. The summed E-state index contributed by atoms with van der Waals surface area (Å²) >= 11 is 7.29. The number of hydrogen-bond acceptors (Lipinski definition) is 6. The molecule has 0 amide bonds. The van der Waals surface area contributed by atoms with Gasteiger partial charge in [-0.3, -0.25) is 9.36 Å². The van der Waals surface area contributed by atoms with Crippen molar-refractivity contribution in [1.29, 1.82) is 0 Å². The molecule has 0 aliphatic rings. The molecule has 3 rings (SSSR count). The lowest BCUT2D eigenvalue weighted by atomic mass is 10.2. The van der Waals surface area contributed by atoms with E-state index in [2.05, 4.69) is 10.2 Å². The fourth-order valence-corrected chi connectivity index (χ4v) is 3.49. The maximum absolute atomic E-state index is 11.8. The normalized spacial score (nSPS) is 11.9. The smallest absolute Gasteiger partial charge is 0.318 e. The average molecular weight is 404 g/mol. The molecule has 27 heavy (non-hydrogen) atoms. The molecule has 2 aromatic carbocycles. The standard InChI is InChI=1S/C19H18ClN3O3S/c1-12(18(24)26-3)27-19-22-21-17(13-4-6-14(20)7-5-13)23(19)15-8-10-16(25-2)11-9-15/h4-12H,1-3H3. The van der Waals surface area contributed by atoms with Crippen molar-refractivity contribution in [2.75, 3.05) is 14.2 Å². The number of aromatic nitrogens is 3. The number of rotatable bonds is 6. The minimum atomic E-state index is -0.422. The summed E-state index contributed by atoms with van der Waals surface area (Å²) in [5.74, 6) is 1.07. The summed E-state index contributed by atoms with van der Waals surface area (Å²) in [6.45, 7) is 1.77. The molecular formula is C19H18ClN3O3S. The highest BCUT2D eigenvalue weighted by atomic mass is 35.5. The second-order valence-electron chi connectivity index (χ2n) is 5.63. The molecule has 0 saturated carbocycles. The molecule has 0 saturated heterocycles. The van der Waals surface area contributed by atoms with E-state index in [-0.39, 0.29) is 5.97 Å². The molecule has 0 spiro atoms. The van der Waals surface area contributed by atoms with E-state index in [0.717, 1.165) is 17.0 Å². The van der Waals surface area contributed by atoms with Crippen LogP contribution in [-0.2, 0) is 9.53 Å². The van der Waals surface area contributed by atoms with E-state index >= 15 is 0 Å². The fourth-order valence-electron chi connectivity index (χ4n) is 2.47. The summed E-state index contributed by atoms with van der Waals surface area (Å²) in [4.78, 5) is 11.8. The highest BCUT2D eigenvalue weighted by Crippen LogP contribution is 2.31. The molecule has 0 radical (unpaired) electrons. The minimum Gasteiger partial charge on any atom is -0.497 e. The van der Waals surface area contributed by atoms with Crippen LogP contribution in [-0.4, -0.2) is 40.2 Å². The van der Waals surface area contributed by atoms with E-state index < -0.39 is 5.25 Å². The Morgan fingerprint density at radius 1 is 1.07 bits per heavy atom. The van der Waals surface area contributed by atoms with Gasteiger partial charge in [0, 0.05) is 16.3 Å². The van der Waals surface area contributed by atoms with Gasteiger partial charge >= 0.3 is 5.97 Å². The van der Waals surface area contributed by atoms with Crippen LogP contribution in [0.5, 0.6) is 5.75 Å². The molecule has 1 heterocycles. The van der Waals surface area contributed by atoms with E-state index in [1.54, 1.807) is 26.2 Å². The number of benzene rings is 2. The van der Waals surface area contributed by atoms with Crippen LogP contribution in [0.4, 0.5) is 0 Å². The van der Waals surface area contributed by atoms with Crippen molar-refractivity contribution in [3.63, 3.8) is 0 Å². The number of halogens is 1. The van der Waals surface area contributed by atoms with Gasteiger partial charge in [-0.15, -0.1) is 10.2 Å². The van der Waals surface area contributed by atoms with Gasteiger partial charge in [-0.25, -0.2) is 0 Å². The molecule has 0 N–H and O–H groups in total. The summed E-state index contributed by atoms with van der Waals surface area (Å²) in [5, 5.41) is 9.44. The van der Waals surface area contributed by atoms with Crippen molar-refractivity contribution in [2.45, 2.75) is 17.3 Å². The second-order valence-corrected chi connectivity index (χ2v) is 7.37. The van der Waals surface area contributed by atoms with Gasteiger partial charge in [-0.05, 0) is 55.5 Å². The van der Waals surface area contributed by atoms with E-state index in [0.29, 0.717) is 16.0 Å². The lowest BCUT2D eigenvalue weighted by Crippen LogP contribution is -2.15. The van der Waals surface area contributed by atoms with Crippen LogP contribution < -0.4 is 4.74 Å². The van der Waals surface area contributed by atoms with Crippen molar-refractivity contribution >= 4 is 29.3 Å². The summed E-state index contributed by atoms with van der Waals surface area (Å²) in [6, 6.07) is 14.9. The molecule has 140 valence electrons. The molecular weight excluding hydrogens is 386 g/mol. The Morgan fingerprint density at radius 2 is 1.74 bits per heavy atom. The zero-order valence-corrected chi connectivity index (χ0v) is 16.6. The van der Waals surface area contributed by atoms with Crippen LogP contribution in [0, 0.1) is 0 Å². The Hall–Kier alpha value is -2.51. The van der Waals surface area contributed by atoms with E-state index in [1.807, 2.05) is 41.0 Å². The number of carbonyl (C=O) groups is 1. The Labute approximate surface area is 166 Å². The third-order valence-electron chi connectivity index (χ3n) is 3.88. The van der Waals surface area contributed by atoms with Crippen LogP contribution in [0.15, 0.2) is 53.7 Å². The number of hydrogen-bond donors (Lipinski definition) is 0. The highest BCUT2D eigenvalue weighted by Gasteiger charge is 2.22. The molecule has 0 bridgehead atoms. The van der Waals surface area contributed by atoms with Crippen LogP contribution in [0.1, 0.15) is 6.92 Å². The summed E-state index contributed by atoms with van der Waals surface area (Å²) in [5.41, 5.74) is 1.71. The third kappa shape index (κ3) is 4.26. The van der Waals surface area contributed by atoms with Gasteiger partial charge < -0.3 is 9.47 Å². The Balaban J connectivity index is 2.08. The first kappa shape index (κ1) is 19.3. The fraction of sp³-hybridized carbons (Fsp3) is 0.211. The number of methoxy groups -OCH3 is 2. The zero-order valence-electron chi connectivity index (χ0n) is 15.0. The first-order valence-electron chi connectivity index (χ1n) is 8.13. The second kappa shape index (κ2) is 8.45. The topological polar surface area (TPSA) is 66.2 Å². The third-order valence-corrected chi connectivity index (χ3v) is 5.15. The van der Waals surface area contributed by atoms with Crippen molar-refractivity contribution in [3.8, 4) is 22.8 Å². The van der Waals surface area contributed by atoms with E-state index in [9.17, 15) is 4.79 Å². The zero-order chi connectivity index (χ0) is 19.4. The van der Waals surface area contributed by atoms with Gasteiger partial charge in [0.2, 0.25) is 0 Å².